The smallest absolute Gasteiger partial charge is 0.320 e. The molecular formula is C15H26N2O4. The quantitative estimate of drug-likeness (QED) is 0.778. The molecule has 6 nitrogen and oxygen atoms in total. The van der Waals surface area contributed by atoms with Gasteiger partial charge < -0.3 is 19.6 Å². The minimum absolute atomic E-state index is 0.106. The Labute approximate surface area is 126 Å². The van der Waals surface area contributed by atoms with E-state index in [1.54, 1.807) is 7.11 Å². The third kappa shape index (κ3) is 4.88. The van der Waals surface area contributed by atoms with Crippen LogP contribution in [0.2, 0.25) is 0 Å². The van der Waals surface area contributed by atoms with Gasteiger partial charge in [0.05, 0.1) is 6.61 Å². The normalized spacial score (nSPS) is 22.1. The van der Waals surface area contributed by atoms with Crippen LogP contribution in [0.1, 0.15) is 38.5 Å². The average molecular weight is 298 g/mol. The summed E-state index contributed by atoms with van der Waals surface area (Å²) in [5, 5.41) is 8.78. The summed E-state index contributed by atoms with van der Waals surface area (Å²) in [6.07, 6.45) is 5.04. The molecule has 1 atom stereocenters. The number of urea groups is 1. The first-order valence-electron chi connectivity index (χ1n) is 7.88. The molecule has 2 rings (SSSR count). The molecule has 1 unspecified atom stereocenters. The summed E-state index contributed by atoms with van der Waals surface area (Å²) in [6, 6.07) is 0.488. The number of carbonyl (C=O) groups excluding carboxylic acids is 1. The maximum absolute atomic E-state index is 12.6. The molecule has 1 saturated carbocycles. The van der Waals surface area contributed by atoms with Gasteiger partial charge in [0.1, 0.15) is 0 Å². The average Bonchev–Trinajstić information content (AvgIpc) is 3.30. The minimum Gasteiger partial charge on any atom is -0.481 e. The van der Waals surface area contributed by atoms with Gasteiger partial charge in [0.25, 0.3) is 0 Å². The number of ether oxygens (including phenoxy) is 1. The molecule has 0 bridgehead atoms. The molecule has 2 amide bonds. The van der Waals surface area contributed by atoms with Crippen LogP contribution in [0.4, 0.5) is 4.79 Å². The Kier molecular flexibility index (Phi) is 5.85. The lowest BCUT2D eigenvalue weighted by Crippen LogP contribution is -2.49. The van der Waals surface area contributed by atoms with E-state index in [1.807, 2.05) is 9.80 Å². The van der Waals surface area contributed by atoms with Crippen molar-refractivity contribution < 1.29 is 19.4 Å². The van der Waals surface area contributed by atoms with Crippen LogP contribution in [-0.2, 0) is 9.53 Å². The van der Waals surface area contributed by atoms with Gasteiger partial charge in [-0.15, -0.1) is 0 Å². The SMILES string of the molecule is COCCN(C(=O)N1CCCC(CCC(=O)O)C1)C1CC1. The van der Waals surface area contributed by atoms with Gasteiger partial charge in [-0.2, -0.15) is 0 Å². The molecule has 0 aromatic carbocycles. The number of rotatable bonds is 7. The van der Waals surface area contributed by atoms with Crippen LogP contribution < -0.4 is 0 Å². The highest BCUT2D eigenvalue weighted by atomic mass is 16.5. The molecule has 0 radical (unpaired) electrons. The standard InChI is InChI=1S/C15H26N2O4/c1-21-10-9-17(13-5-6-13)15(20)16-8-2-3-12(11-16)4-7-14(18)19/h12-13H,2-11H2,1H3,(H,18,19). The molecular weight excluding hydrogens is 272 g/mol. The summed E-state index contributed by atoms with van der Waals surface area (Å²) in [5.41, 5.74) is 0. The van der Waals surface area contributed by atoms with Crippen molar-refractivity contribution in [3.8, 4) is 0 Å². The van der Waals surface area contributed by atoms with Crippen LogP contribution >= 0.6 is 0 Å². The Morgan fingerprint density at radius 3 is 2.71 bits per heavy atom. The van der Waals surface area contributed by atoms with Gasteiger partial charge in [0.15, 0.2) is 0 Å². The van der Waals surface area contributed by atoms with Crippen molar-refractivity contribution in [2.24, 2.45) is 5.92 Å². The van der Waals surface area contributed by atoms with Gasteiger partial charge >= 0.3 is 12.0 Å². The number of amides is 2. The zero-order valence-corrected chi connectivity index (χ0v) is 12.8. The summed E-state index contributed by atoms with van der Waals surface area (Å²) in [5.74, 6) is -0.430. The van der Waals surface area contributed by atoms with Gasteiger partial charge in [0.2, 0.25) is 0 Å². The summed E-state index contributed by atoms with van der Waals surface area (Å²) >= 11 is 0. The Morgan fingerprint density at radius 2 is 2.10 bits per heavy atom. The molecule has 0 aromatic heterocycles. The van der Waals surface area contributed by atoms with E-state index in [-0.39, 0.29) is 12.5 Å². The molecule has 2 aliphatic rings. The van der Waals surface area contributed by atoms with Crippen molar-refractivity contribution >= 4 is 12.0 Å². The fraction of sp³-hybridized carbons (Fsp3) is 0.867. The molecule has 0 spiro atoms. The fourth-order valence-corrected chi connectivity index (χ4v) is 2.99. The third-order valence-electron chi connectivity index (χ3n) is 4.33. The second-order valence-corrected chi connectivity index (χ2v) is 6.09. The molecule has 0 aromatic rings. The molecule has 21 heavy (non-hydrogen) atoms. The monoisotopic (exact) mass is 298 g/mol. The minimum atomic E-state index is -0.752. The van der Waals surface area contributed by atoms with Crippen LogP contribution in [0.5, 0.6) is 0 Å². The van der Waals surface area contributed by atoms with Crippen LogP contribution in [0.25, 0.3) is 0 Å². The van der Waals surface area contributed by atoms with Gasteiger partial charge in [-0.1, -0.05) is 0 Å². The van der Waals surface area contributed by atoms with E-state index >= 15 is 0 Å². The zero-order chi connectivity index (χ0) is 15.2. The number of methoxy groups -OCH3 is 1. The first kappa shape index (κ1) is 16.1. The predicted molar refractivity (Wildman–Crippen MR) is 78.2 cm³/mol. The maximum atomic E-state index is 12.6. The van der Waals surface area contributed by atoms with E-state index in [0.29, 0.717) is 38.1 Å². The zero-order valence-electron chi connectivity index (χ0n) is 12.8. The highest BCUT2D eigenvalue weighted by Crippen LogP contribution is 2.29. The number of carbonyl (C=O) groups is 2. The number of piperidine rings is 1. The van der Waals surface area contributed by atoms with Gasteiger partial charge in [-0.3, -0.25) is 4.79 Å². The number of hydrogen-bond acceptors (Lipinski definition) is 3. The third-order valence-corrected chi connectivity index (χ3v) is 4.33. The van der Waals surface area contributed by atoms with Crippen molar-refractivity contribution in [3.63, 3.8) is 0 Å². The molecule has 1 aliphatic carbocycles. The van der Waals surface area contributed by atoms with Crippen LogP contribution in [0.15, 0.2) is 0 Å². The Hall–Kier alpha value is -1.30. The molecule has 1 saturated heterocycles. The van der Waals surface area contributed by atoms with Crippen molar-refractivity contribution in [2.75, 3.05) is 33.4 Å². The van der Waals surface area contributed by atoms with Crippen LogP contribution in [0, 0.1) is 5.92 Å². The van der Waals surface area contributed by atoms with Crippen molar-refractivity contribution in [1.82, 2.24) is 9.80 Å². The van der Waals surface area contributed by atoms with E-state index in [1.165, 1.54) is 0 Å². The molecule has 6 heteroatoms. The Balaban J connectivity index is 1.86. The topological polar surface area (TPSA) is 70.1 Å². The second-order valence-electron chi connectivity index (χ2n) is 6.09. The molecule has 1 aliphatic heterocycles. The summed E-state index contributed by atoms with van der Waals surface area (Å²) in [7, 11) is 1.65. The first-order valence-corrected chi connectivity index (χ1v) is 7.88. The van der Waals surface area contributed by atoms with Gasteiger partial charge in [0, 0.05) is 39.2 Å². The van der Waals surface area contributed by atoms with Gasteiger partial charge in [-0.25, -0.2) is 4.79 Å². The first-order chi connectivity index (χ1) is 10.1. The van der Waals surface area contributed by atoms with Crippen LogP contribution in [0.3, 0.4) is 0 Å². The number of nitrogens with zero attached hydrogens (tertiary/aromatic N) is 2. The van der Waals surface area contributed by atoms with E-state index in [0.717, 1.165) is 32.2 Å². The van der Waals surface area contributed by atoms with Gasteiger partial charge in [-0.05, 0) is 38.0 Å². The molecule has 2 fully saturated rings. The number of hydrogen-bond donors (Lipinski definition) is 1. The Morgan fingerprint density at radius 1 is 1.33 bits per heavy atom. The lowest BCUT2D eigenvalue weighted by atomic mass is 9.93. The lowest BCUT2D eigenvalue weighted by Gasteiger charge is -2.36. The van der Waals surface area contributed by atoms with E-state index < -0.39 is 5.97 Å². The molecule has 1 N–H and O–H groups in total. The number of likely N-dealkylation sites (tertiary alicyclic amines) is 1. The lowest BCUT2D eigenvalue weighted by molar-refractivity contribution is -0.137. The number of carboxylic acid groups (broad SMARTS) is 1. The number of carboxylic acids is 1. The van der Waals surface area contributed by atoms with E-state index in [9.17, 15) is 9.59 Å². The van der Waals surface area contributed by atoms with Crippen molar-refractivity contribution in [1.29, 1.82) is 0 Å². The highest BCUT2D eigenvalue weighted by molar-refractivity contribution is 5.75. The summed E-state index contributed by atoms with van der Waals surface area (Å²) < 4.78 is 5.10. The highest BCUT2D eigenvalue weighted by Gasteiger charge is 2.35. The van der Waals surface area contributed by atoms with E-state index in [2.05, 4.69) is 0 Å². The summed E-state index contributed by atoms with van der Waals surface area (Å²) in [4.78, 5) is 27.2. The fourth-order valence-electron chi connectivity index (χ4n) is 2.99. The van der Waals surface area contributed by atoms with E-state index in [4.69, 9.17) is 9.84 Å². The molecule has 120 valence electrons. The largest absolute Gasteiger partial charge is 0.481 e. The maximum Gasteiger partial charge on any atom is 0.320 e. The van der Waals surface area contributed by atoms with Crippen molar-refractivity contribution in [3.05, 3.63) is 0 Å². The van der Waals surface area contributed by atoms with Crippen LogP contribution in [-0.4, -0.2) is 66.3 Å². The number of aliphatic carboxylic acids is 1. The molecule has 1 heterocycles. The Bertz CT molecular complexity index is 371. The second kappa shape index (κ2) is 7.64. The van der Waals surface area contributed by atoms with Crippen molar-refractivity contribution in [2.45, 2.75) is 44.6 Å². The predicted octanol–water partition coefficient (Wildman–Crippen LogP) is 1.79. The summed E-state index contributed by atoms with van der Waals surface area (Å²) in [6.45, 7) is 2.70.